The molecule has 4 aromatic rings. The van der Waals surface area contributed by atoms with E-state index in [2.05, 4.69) is 24.6 Å². The Morgan fingerprint density at radius 2 is 1.50 bits per heavy atom. The summed E-state index contributed by atoms with van der Waals surface area (Å²) in [6, 6.07) is 16.4. The lowest BCUT2D eigenvalue weighted by Crippen LogP contribution is -2.16. The Bertz CT molecular complexity index is 1920. The average molecular weight is 614 g/mol. The molecule has 0 aliphatic heterocycles. The van der Waals surface area contributed by atoms with Crippen LogP contribution >= 0.6 is 0 Å². The van der Waals surface area contributed by atoms with Crippen LogP contribution in [0.15, 0.2) is 86.0 Å². The van der Waals surface area contributed by atoms with Gasteiger partial charge in [0, 0.05) is 16.3 Å². The second-order valence-corrected chi connectivity index (χ2v) is 12.4. The molecule has 220 valence electrons. The lowest BCUT2D eigenvalue weighted by Gasteiger charge is -2.12. The van der Waals surface area contributed by atoms with E-state index in [1.165, 1.54) is 19.1 Å². The second-order valence-electron chi connectivity index (χ2n) is 9.24. The molecule has 0 atom stereocenters. The van der Waals surface area contributed by atoms with Crippen molar-refractivity contribution in [3.05, 3.63) is 77.4 Å². The van der Waals surface area contributed by atoms with Crippen molar-refractivity contribution >= 4 is 59.4 Å². The average Bonchev–Trinajstić information content (AvgIpc) is 2.92. The van der Waals surface area contributed by atoms with Gasteiger partial charge in [0.1, 0.15) is 11.4 Å². The van der Waals surface area contributed by atoms with E-state index in [1.807, 2.05) is 19.1 Å². The van der Waals surface area contributed by atoms with Crippen molar-refractivity contribution in [2.75, 3.05) is 18.1 Å². The van der Waals surface area contributed by atoms with E-state index < -0.39 is 39.2 Å². The number of phenols is 1. The maximum absolute atomic E-state index is 12.7. The molecule has 0 bridgehead atoms. The van der Waals surface area contributed by atoms with Crippen LogP contribution in [-0.2, 0) is 31.0 Å². The number of hydrogen-bond donors (Lipinski definition) is 4. The van der Waals surface area contributed by atoms with Gasteiger partial charge in [0.25, 0.3) is 0 Å². The fraction of sp³-hybridized carbons (Fsp3) is 0.185. The van der Waals surface area contributed by atoms with Crippen LogP contribution in [0.25, 0.3) is 10.8 Å². The minimum Gasteiger partial charge on any atom is -0.505 e. The molecule has 13 nitrogen and oxygen atoms in total. The van der Waals surface area contributed by atoms with Gasteiger partial charge in [-0.3, -0.25) is 4.55 Å². The fourth-order valence-electron chi connectivity index (χ4n) is 4.03. The summed E-state index contributed by atoms with van der Waals surface area (Å²) in [5, 5.41) is 38.4. The predicted octanol–water partition coefficient (Wildman–Crippen LogP) is 5.66. The zero-order valence-corrected chi connectivity index (χ0v) is 24.1. The van der Waals surface area contributed by atoms with E-state index in [0.717, 1.165) is 5.56 Å². The fourth-order valence-corrected chi connectivity index (χ4v) is 5.82. The summed E-state index contributed by atoms with van der Waals surface area (Å²) in [5.74, 6) is -0.874. The van der Waals surface area contributed by atoms with E-state index >= 15 is 0 Å². The van der Waals surface area contributed by atoms with Gasteiger partial charge in [0.05, 0.1) is 40.9 Å². The quantitative estimate of drug-likeness (QED) is 0.0984. The summed E-state index contributed by atoms with van der Waals surface area (Å²) in [4.78, 5) is -0.175. The first-order chi connectivity index (χ1) is 19.8. The third kappa shape index (κ3) is 7.13. The van der Waals surface area contributed by atoms with Crippen molar-refractivity contribution in [2.45, 2.75) is 25.3 Å². The number of rotatable bonds is 10. The van der Waals surface area contributed by atoms with Gasteiger partial charge in [0.2, 0.25) is 0 Å². The SMILES string of the molecule is Cc1ccc(N=Nc2ccc3c(N=Nc4cc(C)c(S(=O)(=O)CCOS(=O)(=O)O)cc4CO)c(N)ccc3c2O)cc1. The molecule has 0 amide bonds. The molecule has 0 saturated heterocycles. The van der Waals surface area contributed by atoms with Crippen molar-refractivity contribution in [3.63, 3.8) is 0 Å². The van der Waals surface area contributed by atoms with Crippen molar-refractivity contribution in [2.24, 2.45) is 20.5 Å². The van der Waals surface area contributed by atoms with Gasteiger partial charge in [-0.1, -0.05) is 17.7 Å². The Balaban J connectivity index is 1.67. The molecular weight excluding hydrogens is 586 g/mol. The highest BCUT2D eigenvalue weighted by molar-refractivity contribution is 7.91. The number of azo groups is 2. The Labute approximate surface area is 241 Å². The zero-order valence-electron chi connectivity index (χ0n) is 22.5. The first kappa shape index (κ1) is 30.7. The molecule has 0 saturated carbocycles. The topological polar surface area (TPSA) is 214 Å². The van der Waals surface area contributed by atoms with Gasteiger partial charge in [-0.25, -0.2) is 12.6 Å². The van der Waals surface area contributed by atoms with Crippen molar-refractivity contribution in [1.82, 2.24) is 0 Å². The van der Waals surface area contributed by atoms with Crippen molar-refractivity contribution < 1.29 is 35.8 Å². The molecule has 0 spiro atoms. The predicted molar refractivity (Wildman–Crippen MR) is 156 cm³/mol. The second kappa shape index (κ2) is 12.3. The van der Waals surface area contributed by atoms with Gasteiger partial charge in [-0.15, -0.1) is 10.2 Å². The molecule has 42 heavy (non-hydrogen) atoms. The first-order valence-electron chi connectivity index (χ1n) is 12.3. The highest BCUT2D eigenvalue weighted by Crippen LogP contribution is 2.42. The normalized spacial score (nSPS) is 12.6. The monoisotopic (exact) mass is 613 g/mol. The minimum absolute atomic E-state index is 0.124. The number of nitrogens with two attached hydrogens (primary N) is 1. The number of nitrogens with zero attached hydrogens (tertiary/aromatic N) is 4. The number of hydrogen-bond acceptors (Lipinski definition) is 12. The summed E-state index contributed by atoms with van der Waals surface area (Å²) in [6.07, 6.45) is 0. The van der Waals surface area contributed by atoms with Crippen LogP contribution in [0.3, 0.4) is 0 Å². The third-order valence-corrected chi connectivity index (χ3v) is 8.46. The van der Waals surface area contributed by atoms with Gasteiger partial charge in [0.15, 0.2) is 15.6 Å². The number of aromatic hydroxyl groups is 1. The largest absolute Gasteiger partial charge is 0.505 e. The Morgan fingerprint density at radius 3 is 2.17 bits per heavy atom. The number of aryl methyl sites for hydroxylation is 2. The van der Waals surface area contributed by atoms with Crippen LogP contribution in [0, 0.1) is 13.8 Å². The molecule has 0 radical (unpaired) electrons. The molecular formula is C27H27N5O8S2. The van der Waals surface area contributed by atoms with E-state index in [9.17, 15) is 27.0 Å². The van der Waals surface area contributed by atoms with Crippen molar-refractivity contribution in [1.29, 1.82) is 0 Å². The number of aliphatic hydroxyl groups is 1. The molecule has 0 heterocycles. The van der Waals surface area contributed by atoms with E-state index in [-0.39, 0.29) is 44.5 Å². The maximum Gasteiger partial charge on any atom is 0.397 e. The standard InChI is InChI=1S/C27H27N5O8S2/c1-16-3-5-19(6-4-16)29-30-23-10-8-20-21(27(23)34)7-9-22(28)26(20)32-31-24-13-17(2)25(14-18(24)15-33)41(35,36)12-11-40-42(37,38)39/h3-10,13-14,33-34H,11-12,15,28H2,1-2H3,(H,37,38,39). The van der Waals surface area contributed by atoms with Gasteiger partial charge in [-0.05, 0) is 67.9 Å². The van der Waals surface area contributed by atoms with E-state index in [1.54, 1.807) is 36.4 Å². The number of benzene rings is 4. The molecule has 4 aromatic carbocycles. The number of anilines is 1. The molecule has 0 fully saturated rings. The molecule has 0 aliphatic carbocycles. The molecule has 4 rings (SSSR count). The van der Waals surface area contributed by atoms with Crippen LogP contribution in [-0.4, -0.2) is 44.0 Å². The van der Waals surface area contributed by atoms with Crippen LogP contribution < -0.4 is 5.73 Å². The maximum atomic E-state index is 12.7. The van der Waals surface area contributed by atoms with Gasteiger partial charge >= 0.3 is 10.4 Å². The van der Waals surface area contributed by atoms with Crippen LogP contribution in [0.5, 0.6) is 5.75 Å². The number of aliphatic hydroxyl groups excluding tert-OH is 1. The number of nitrogen functional groups attached to an aromatic ring is 1. The molecule has 15 heteroatoms. The number of fused-ring (bicyclic) bond motifs is 1. The van der Waals surface area contributed by atoms with Crippen LogP contribution in [0.1, 0.15) is 16.7 Å². The van der Waals surface area contributed by atoms with Crippen LogP contribution in [0.4, 0.5) is 28.4 Å². The smallest absolute Gasteiger partial charge is 0.397 e. The summed E-state index contributed by atoms with van der Waals surface area (Å²) >= 11 is 0. The number of phenolic OH excluding ortho intramolecular Hbond substituents is 1. The molecule has 0 aromatic heterocycles. The lowest BCUT2D eigenvalue weighted by molar-refractivity contribution is 0.282. The summed E-state index contributed by atoms with van der Waals surface area (Å²) in [7, 11) is -8.85. The Hall–Kier alpha value is -4.28. The highest BCUT2D eigenvalue weighted by atomic mass is 32.3. The molecule has 0 aliphatic rings. The number of sulfone groups is 1. The molecule has 0 unspecified atom stereocenters. The first-order valence-corrected chi connectivity index (χ1v) is 15.3. The van der Waals surface area contributed by atoms with Crippen LogP contribution in [0.2, 0.25) is 0 Å². The van der Waals surface area contributed by atoms with E-state index in [4.69, 9.17) is 10.3 Å². The summed E-state index contributed by atoms with van der Waals surface area (Å²) in [6.45, 7) is 2.07. The minimum atomic E-state index is -4.80. The van der Waals surface area contributed by atoms with Gasteiger partial charge in [-0.2, -0.15) is 18.6 Å². The summed E-state index contributed by atoms with van der Waals surface area (Å²) in [5.41, 5.74) is 9.10. The van der Waals surface area contributed by atoms with E-state index in [0.29, 0.717) is 16.5 Å². The highest BCUT2D eigenvalue weighted by Gasteiger charge is 2.21. The third-order valence-electron chi connectivity index (χ3n) is 6.18. The van der Waals surface area contributed by atoms with Gasteiger partial charge < -0.3 is 15.9 Å². The van der Waals surface area contributed by atoms with Crippen molar-refractivity contribution in [3.8, 4) is 5.75 Å². The Kier molecular flexibility index (Phi) is 8.98. The lowest BCUT2D eigenvalue weighted by atomic mass is 10.1. The Morgan fingerprint density at radius 1 is 0.833 bits per heavy atom. The zero-order chi connectivity index (χ0) is 30.7. The molecule has 5 N–H and O–H groups in total. The summed E-state index contributed by atoms with van der Waals surface area (Å²) < 4.78 is 59.7.